The standard InChI is InChI=1S/C29H37O3/c1-5-13-23-14-9-10-15-25(23)26-19-24(20-32-28(21-30)16-11-8-12-17-28)27(18-22(26)4)29(31,6-2)7-3/h8-12,14-19,30-31H,5-7,13,20-21H2,1-4H3. The summed E-state index contributed by atoms with van der Waals surface area (Å²) in [4.78, 5) is 0. The predicted molar refractivity (Wildman–Crippen MR) is 132 cm³/mol. The molecule has 3 nitrogen and oxygen atoms in total. The topological polar surface area (TPSA) is 49.7 Å². The van der Waals surface area contributed by atoms with Crippen molar-refractivity contribution in [2.75, 3.05) is 6.61 Å². The number of hydrogen-bond donors (Lipinski definition) is 2. The van der Waals surface area contributed by atoms with Crippen LogP contribution in [-0.2, 0) is 23.4 Å². The Kier molecular flexibility index (Phi) is 8.10. The molecular formula is C29H37O3. The van der Waals surface area contributed by atoms with Crippen molar-refractivity contribution in [1.82, 2.24) is 0 Å². The SMILES string of the molecule is CCCc1ccccc1-c1cc(COC2(CO)[CH]C=CC=C2)c(C(O)(CC)CC)cc1C. The molecule has 1 unspecified atom stereocenters. The number of ether oxygens (including phenoxy) is 1. The van der Waals surface area contributed by atoms with Crippen molar-refractivity contribution < 1.29 is 14.9 Å². The highest BCUT2D eigenvalue weighted by Gasteiger charge is 2.32. The summed E-state index contributed by atoms with van der Waals surface area (Å²) in [7, 11) is 0. The fourth-order valence-electron chi connectivity index (χ4n) is 4.51. The molecule has 0 aliphatic heterocycles. The molecule has 2 aromatic rings. The van der Waals surface area contributed by atoms with Gasteiger partial charge in [0.25, 0.3) is 0 Å². The van der Waals surface area contributed by atoms with Crippen LogP contribution in [0, 0.1) is 13.3 Å². The van der Waals surface area contributed by atoms with E-state index in [1.165, 1.54) is 16.7 Å². The molecular weight excluding hydrogens is 396 g/mol. The van der Waals surface area contributed by atoms with Crippen LogP contribution in [0.3, 0.4) is 0 Å². The van der Waals surface area contributed by atoms with Crippen LogP contribution < -0.4 is 0 Å². The fourth-order valence-corrected chi connectivity index (χ4v) is 4.51. The van der Waals surface area contributed by atoms with Crippen LogP contribution >= 0.6 is 0 Å². The highest BCUT2D eigenvalue weighted by atomic mass is 16.5. The van der Waals surface area contributed by atoms with Gasteiger partial charge in [-0.25, -0.2) is 0 Å². The molecule has 0 amide bonds. The molecule has 0 fully saturated rings. The quantitative estimate of drug-likeness (QED) is 0.469. The first-order chi connectivity index (χ1) is 15.4. The molecule has 1 atom stereocenters. The molecule has 1 aliphatic carbocycles. The fraction of sp³-hybridized carbons (Fsp3) is 0.414. The highest BCUT2D eigenvalue weighted by Crippen LogP contribution is 2.38. The van der Waals surface area contributed by atoms with E-state index >= 15 is 0 Å². The van der Waals surface area contributed by atoms with E-state index in [1.54, 1.807) is 0 Å². The molecule has 1 aliphatic rings. The molecule has 0 saturated carbocycles. The Bertz CT molecular complexity index is 968. The second kappa shape index (κ2) is 10.6. The van der Waals surface area contributed by atoms with E-state index in [9.17, 15) is 10.2 Å². The van der Waals surface area contributed by atoms with Gasteiger partial charge >= 0.3 is 0 Å². The number of aliphatic hydroxyl groups is 2. The molecule has 0 saturated heterocycles. The molecule has 171 valence electrons. The van der Waals surface area contributed by atoms with Gasteiger partial charge in [-0.3, -0.25) is 0 Å². The maximum Gasteiger partial charge on any atom is 0.117 e. The van der Waals surface area contributed by atoms with E-state index in [0.29, 0.717) is 19.4 Å². The lowest BCUT2D eigenvalue weighted by Gasteiger charge is -2.33. The lowest BCUT2D eigenvalue weighted by molar-refractivity contribution is -0.0338. The summed E-state index contributed by atoms with van der Waals surface area (Å²) in [6, 6.07) is 12.9. The maximum absolute atomic E-state index is 11.4. The Morgan fingerprint density at radius 3 is 2.31 bits per heavy atom. The van der Waals surface area contributed by atoms with Crippen molar-refractivity contribution >= 4 is 0 Å². The van der Waals surface area contributed by atoms with Crippen molar-refractivity contribution in [1.29, 1.82) is 0 Å². The van der Waals surface area contributed by atoms with Gasteiger partial charge in [0.1, 0.15) is 5.60 Å². The number of rotatable bonds is 10. The zero-order valence-corrected chi connectivity index (χ0v) is 19.9. The zero-order chi connectivity index (χ0) is 23.2. The van der Waals surface area contributed by atoms with Crippen molar-refractivity contribution in [2.45, 2.75) is 71.2 Å². The van der Waals surface area contributed by atoms with Gasteiger partial charge in [0.05, 0.1) is 18.8 Å². The first-order valence-electron chi connectivity index (χ1n) is 11.8. The third kappa shape index (κ3) is 5.06. The van der Waals surface area contributed by atoms with Crippen molar-refractivity contribution in [2.24, 2.45) is 0 Å². The molecule has 32 heavy (non-hydrogen) atoms. The van der Waals surface area contributed by atoms with E-state index in [0.717, 1.165) is 29.5 Å². The van der Waals surface area contributed by atoms with Gasteiger partial charge in [-0.1, -0.05) is 75.8 Å². The number of hydrogen-bond acceptors (Lipinski definition) is 3. The Hall–Kier alpha value is -2.20. The summed E-state index contributed by atoms with van der Waals surface area (Å²) in [5, 5.41) is 21.4. The summed E-state index contributed by atoms with van der Waals surface area (Å²) in [6.45, 7) is 8.53. The van der Waals surface area contributed by atoms with Crippen LogP contribution in [-0.4, -0.2) is 22.4 Å². The molecule has 0 bridgehead atoms. The molecule has 1 radical (unpaired) electrons. The Balaban J connectivity index is 2.09. The van der Waals surface area contributed by atoms with Gasteiger partial charge in [0.2, 0.25) is 0 Å². The van der Waals surface area contributed by atoms with Crippen LogP contribution in [0.2, 0.25) is 0 Å². The summed E-state index contributed by atoms with van der Waals surface area (Å²) in [5.74, 6) is 0. The van der Waals surface area contributed by atoms with Crippen molar-refractivity contribution in [3.8, 4) is 11.1 Å². The smallest absolute Gasteiger partial charge is 0.117 e. The molecule has 3 rings (SSSR count). The third-order valence-electron chi connectivity index (χ3n) is 6.67. The van der Waals surface area contributed by atoms with E-state index in [4.69, 9.17) is 4.74 Å². The summed E-state index contributed by atoms with van der Waals surface area (Å²) >= 11 is 0. The first-order valence-corrected chi connectivity index (χ1v) is 11.8. The molecule has 3 heteroatoms. The van der Waals surface area contributed by atoms with Gasteiger partial charge in [0, 0.05) is 6.42 Å². The second-order valence-corrected chi connectivity index (χ2v) is 8.78. The maximum atomic E-state index is 11.4. The average molecular weight is 434 g/mol. The summed E-state index contributed by atoms with van der Waals surface area (Å²) in [5.41, 5.74) is 5.02. The van der Waals surface area contributed by atoms with E-state index in [2.05, 4.69) is 50.2 Å². The molecule has 2 N–H and O–H groups in total. The first kappa shape index (κ1) is 24.4. The monoisotopic (exact) mass is 433 g/mol. The van der Waals surface area contributed by atoms with Crippen LogP contribution in [0.5, 0.6) is 0 Å². The van der Waals surface area contributed by atoms with Crippen molar-refractivity contribution in [3.63, 3.8) is 0 Å². The van der Waals surface area contributed by atoms with Gasteiger partial charge in [-0.2, -0.15) is 0 Å². The second-order valence-electron chi connectivity index (χ2n) is 8.78. The highest BCUT2D eigenvalue weighted by molar-refractivity contribution is 5.72. The molecule has 0 aromatic heterocycles. The number of aliphatic hydroxyl groups excluding tert-OH is 1. The van der Waals surface area contributed by atoms with E-state index in [-0.39, 0.29) is 6.61 Å². The number of allylic oxidation sites excluding steroid dienone is 2. The molecule has 2 aromatic carbocycles. The predicted octanol–water partition coefficient (Wildman–Crippen LogP) is 6.20. The summed E-state index contributed by atoms with van der Waals surface area (Å²) in [6.07, 6.45) is 12.8. The zero-order valence-electron chi connectivity index (χ0n) is 19.9. The van der Waals surface area contributed by atoms with Crippen LogP contribution in [0.25, 0.3) is 11.1 Å². The van der Waals surface area contributed by atoms with E-state index < -0.39 is 11.2 Å². The largest absolute Gasteiger partial charge is 0.393 e. The minimum atomic E-state index is -0.913. The van der Waals surface area contributed by atoms with Gasteiger partial charge in [-0.15, -0.1) is 0 Å². The number of aryl methyl sites for hydroxylation is 2. The van der Waals surface area contributed by atoms with Crippen LogP contribution in [0.15, 0.2) is 60.7 Å². The normalized spacial score (nSPS) is 18.3. The Labute approximate surface area is 193 Å². The minimum absolute atomic E-state index is 0.132. The molecule has 0 heterocycles. The lowest BCUT2D eigenvalue weighted by atomic mass is 9.82. The van der Waals surface area contributed by atoms with Gasteiger partial charge in [0.15, 0.2) is 0 Å². The van der Waals surface area contributed by atoms with E-state index in [1.807, 2.05) is 44.6 Å². The Morgan fingerprint density at radius 1 is 0.938 bits per heavy atom. The summed E-state index contributed by atoms with van der Waals surface area (Å²) < 4.78 is 6.28. The lowest BCUT2D eigenvalue weighted by Crippen LogP contribution is -2.36. The van der Waals surface area contributed by atoms with Gasteiger partial charge < -0.3 is 14.9 Å². The Morgan fingerprint density at radius 2 is 1.69 bits per heavy atom. The molecule has 0 spiro atoms. The van der Waals surface area contributed by atoms with Crippen LogP contribution in [0.1, 0.15) is 62.3 Å². The van der Waals surface area contributed by atoms with Gasteiger partial charge in [-0.05, 0) is 71.7 Å². The van der Waals surface area contributed by atoms with Crippen LogP contribution in [0.4, 0.5) is 0 Å². The van der Waals surface area contributed by atoms with Crippen molar-refractivity contribution in [3.05, 3.63) is 89.4 Å². The minimum Gasteiger partial charge on any atom is -0.393 e. The third-order valence-corrected chi connectivity index (χ3v) is 6.67. The average Bonchev–Trinajstić information content (AvgIpc) is 2.84. The number of benzene rings is 2.